The van der Waals surface area contributed by atoms with E-state index in [1.807, 2.05) is 38.1 Å². The molecule has 3 aromatic carbocycles. The number of carbonyl (C=O) groups is 1. The molecule has 0 radical (unpaired) electrons. The first-order valence-corrected chi connectivity index (χ1v) is 15.2. The van der Waals surface area contributed by atoms with Crippen LogP contribution in [0.3, 0.4) is 0 Å². The highest BCUT2D eigenvalue weighted by Gasteiger charge is 2.34. The number of piperazine rings is 1. The zero-order valence-electron chi connectivity index (χ0n) is 24.8. The van der Waals surface area contributed by atoms with Crippen molar-refractivity contribution in [2.75, 3.05) is 57.4 Å². The van der Waals surface area contributed by atoms with Crippen LogP contribution in [0.25, 0.3) is 32.8 Å². The highest BCUT2D eigenvalue weighted by atomic mass is 35.5. The number of morpholine rings is 1. The Bertz CT molecular complexity index is 1730. The number of amides is 1. The molecular formula is C33H35ClFN5O4. The smallest absolute Gasteiger partial charge is 0.319 e. The maximum Gasteiger partial charge on any atom is 0.319 e. The third-order valence-corrected chi connectivity index (χ3v) is 8.71. The molecule has 230 valence electrons. The van der Waals surface area contributed by atoms with Crippen molar-refractivity contribution >= 4 is 45.0 Å². The molecule has 1 amide bonds. The van der Waals surface area contributed by atoms with Crippen molar-refractivity contribution in [2.24, 2.45) is 0 Å². The summed E-state index contributed by atoms with van der Waals surface area (Å²) in [5, 5.41) is 12.6. The van der Waals surface area contributed by atoms with E-state index in [1.165, 1.54) is 12.1 Å². The van der Waals surface area contributed by atoms with E-state index in [4.69, 9.17) is 26.1 Å². The van der Waals surface area contributed by atoms with Gasteiger partial charge in [-0.2, -0.15) is 9.97 Å². The van der Waals surface area contributed by atoms with Gasteiger partial charge in [0.2, 0.25) is 5.91 Å². The lowest BCUT2D eigenvalue weighted by Gasteiger charge is -2.44. The summed E-state index contributed by atoms with van der Waals surface area (Å²) in [6.45, 7) is 12.4. The summed E-state index contributed by atoms with van der Waals surface area (Å²) < 4.78 is 28.3. The molecule has 0 bridgehead atoms. The molecule has 2 atom stereocenters. The second kappa shape index (κ2) is 12.6. The van der Waals surface area contributed by atoms with Crippen LogP contribution in [-0.4, -0.2) is 95.4 Å². The van der Waals surface area contributed by atoms with Crippen molar-refractivity contribution < 1.29 is 23.8 Å². The van der Waals surface area contributed by atoms with Crippen LogP contribution < -0.4 is 9.64 Å². The van der Waals surface area contributed by atoms with Gasteiger partial charge in [0.05, 0.1) is 18.2 Å². The molecule has 0 unspecified atom stereocenters. The lowest BCUT2D eigenvalue weighted by Crippen LogP contribution is -2.58. The molecule has 2 aliphatic rings. The van der Waals surface area contributed by atoms with Gasteiger partial charge in [0, 0.05) is 55.8 Å². The maximum atomic E-state index is 16.8. The lowest BCUT2D eigenvalue weighted by molar-refractivity contribution is -0.128. The molecule has 0 saturated carbocycles. The van der Waals surface area contributed by atoms with Crippen LogP contribution in [0.2, 0.25) is 5.02 Å². The number of ether oxygens (including phenoxy) is 2. The van der Waals surface area contributed by atoms with Crippen LogP contribution >= 0.6 is 11.6 Å². The zero-order valence-corrected chi connectivity index (χ0v) is 25.6. The lowest BCUT2D eigenvalue weighted by atomic mass is 9.96. The van der Waals surface area contributed by atoms with Crippen molar-refractivity contribution in [1.29, 1.82) is 0 Å². The normalized spacial score (nSPS) is 19.5. The molecule has 0 spiro atoms. The Balaban J connectivity index is 1.46. The SMILES string of the molecule is C=CC(=O)N1C[C@H](C)N(c2nc(OCCN3CCOCC3)nc3c(F)c(-c4cc(O)cc5ccccc45)c(Cl)cc23)C[C@H]1C. The summed E-state index contributed by atoms with van der Waals surface area (Å²) in [5.74, 6) is -0.291. The second-order valence-corrected chi connectivity index (χ2v) is 11.7. The average Bonchev–Trinajstić information content (AvgIpc) is 3.02. The highest BCUT2D eigenvalue weighted by Crippen LogP contribution is 2.43. The Labute approximate surface area is 260 Å². The average molecular weight is 620 g/mol. The first kappa shape index (κ1) is 30.1. The van der Waals surface area contributed by atoms with Gasteiger partial charge in [0.15, 0.2) is 5.82 Å². The highest BCUT2D eigenvalue weighted by molar-refractivity contribution is 6.35. The molecule has 9 nitrogen and oxygen atoms in total. The molecule has 1 aromatic heterocycles. The Morgan fingerprint density at radius 3 is 2.68 bits per heavy atom. The number of hydrogen-bond donors (Lipinski definition) is 1. The molecule has 6 rings (SSSR count). The Morgan fingerprint density at radius 2 is 1.91 bits per heavy atom. The standard InChI is InChI=1S/C33H35ClFN5O4/c1-4-28(42)39-18-21(3)40(19-20(39)2)32-26-17-27(34)29(25-16-23(41)15-22-7-5-6-8-24(22)25)30(35)31(26)36-33(37-32)44-14-11-38-9-12-43-13-10-38/h4-8,15-17,20-21,41H,1,9-14,18-19H2,2-3H3/t20-,21+/m1/s1. The molecule has 44 heavy (non-hydrogen) atoms. The Morgan fingerprint density at radius 1 is 1.14 bits per heavy atom. The quantitative estimate of drug-likeness (QED) is 0.280. The van der Waals surface area contributed by atoms with Crippen molar-refractivity contribution in [1.82, 2.24) is 19.8 Å². The molecule has 2 saturated heterocycles. The topological polar surface area (TPSA) is 91.3 Å². The van der Waals surface area contributed by atoms with E-state index in [0.29, 0.717) is 56.2 Å². The molecule has 4 aromatic rings. The van der Waals surface area contributed by atoms with Crippen molar-refractivity contribution in [3.63, 3.8) is 0 Å². The Kier molecular flexibility index (Phi) is 8.57. The molecule has 1 N–H and O–H groups in total. The van der Waals surface area contributed by atoms with E-state index >= 15 is 4.39 Å². The molecular weight excluding hydrogens is 585 g/mol. The van der Waals surface area contributed by atoms with Gasteiger partial charge < -0.3 is 24.4 Å². The van der Waals surface area contributed by atoms with Gasteiger partial charge in [0.1, 0.15) is 23.7 Å². The number of carbonyl (C=O) groups excluding carboxylic acids is 1. The van der Waals surface area contributed by atoms with E-state index in [0.717, 1.165) is 23.9 Å². The van der Waals surface area contributed by atoms with E-state index in [2.05, 4.69) is 21.4 Å². The van der Waals surface area contributed by atoms with Crippen LogP contribution in [0.1, 0.15) is 13.8 Å². The summed E-state index contributed by atoms with van der Waals surface area (Å²) in [7, 11) is 0. The minimum absolute atomic E-state index is 0.000435. The fourth-order valence-electron chi connectivity index (χ4n) is 6.13. The number of fused-ring (bicyclic) bond motifs is 2. The van der Waals surface area contributed by atoms with Crippen LogP contribution in [0.5, 0.6) is 11.8 Å². The van der Waals surface area contributed by atoms with E-state index in [1.54, 1.807) is 17.0 Å². The van der Waals surface area contributed by atoms with Crippen LogP contribution in [0, 0.1) is 5.82 Å². The van der Waals surface area contributed by atoms with Crippen LogP contribution in [-0.2, 0) is 9.53 Å². The summed E-state index contributed by atoms with van der Waals surface area (Å²) in [5.41, 5.74) is 0.657. The number of phenolic OH excluding ortho intramolecular Hbond substituents is 1. The summed E-state index contributed by atoms with van der Waals surface area (Å²) >= 11 is 6.86. The fourth-order valence-corrected chi connectivity index (χ4v) is 6.42. The number of phenols is 1. The van der Waals surface area contributed by atoms with Gasteiger partial charge in [0.25, 0.3) is 0 Å². The number of nitrogens with zero attached hydrogens (tertiary/aromatic N) is 5. The summed E-state index contributed by atoms with van der Waals surface area (Å²) in [6.07, 6.45) is 1.32. The first-order valence-electron chi connectivity index (χ1n) is 14.8. The number of aromatic nitrogens is 2. The van der Waals surface area contributed by atoms with E-state index in [9.17, 15) is 9.90 Å². The Hall–Kier alpha value is -3.99. The molecule has 3 heterocycles. The predicted octanol–water partition coefficient (Wildman–Crippen LogP) is 5.27. The van der Waals surface area contributed by atoms with Crippen LogP contribution in [0.15, 0.2) is 55.1 Å². The zero-order chi connectivity index (χ0) is 31.0. The molecule has 0 aliphatic carbocycles. The van der Waals surface area contributed by atoms with Gasteiger partial charge in [-0.3, -0.25) is 9.69 Å². The van der Waals surface area contributed by atoms with Crippen molar-refractivity contribution in [2.45, 2.75) is 25.9 Å². The number of rotatable bonds is 7. The number of benzene rings is 3. The van der Waals surface area contributed by atoms with E-state index < -0.39 is 5.82 Å². The van der Waals surface area contributed by atoms with Gasteiger partial charge in [-0.05, 0) is 54.5 Å². The number of halogens is 2. The third kappa shape index (κ3) is 5.77. The first-order chi connectivity index (χ1) is 21.2. The van der Waals surface area contributed by atoms with Crippen molar-refractivity contribution in [3.8, 4) is 22.9 Å². The van der Waals surface area contributed by atoms with Gasteiger partial charge in [-0.1, -0.05) is 42.4 Å². The second-order valence-electron chi connectivity index (χ2n) is 11.3. The van der Waals surface area contributed by atoms with E-state index in [-0.39, 0.29) is 45.9 Å². The number of anilines is 1. The predicted molar refractivity (Wildman–Crippen MR) is 170 cm³/mol. The minimum Gasteiger partial charge on any atom is -0.508 e. The molecule has 2 fully saturated rings. The van der Waals surface area contributed by atoms with Crippen molar-refractivity contribution in [3.05, 3.63) is 66.0 Å². The number of aromatic hydroxyl groups is 1. The fraction of sp³-hybridized carbons (Fsp3) is 0.364. The van der Waals surface area contributed by atoms with Gasteiger partial charge in [-0.15, -0.1) is 0 Å². The third-order valence-electron chi connectivity index (χ3n) is 8.42. The molecule has 11 heteroatoms. The summed E-state index contributed by atoms with van der Waals surface area (Å²) in [4.78, 5) is 27.9. The molecule has 2 aliphatic heterocycles. The van der Waals surface area contributed by atoms with Gasteiger partial charge in [-0.25, -0.2) is 4.39 Å². The summed E-state index contributed by atoms with van der Waals surface area (Å²) in [6, 6.07) is 12.0. The van der Waals surface area contributed by atoms with Gasteiger partial charge >= 0.3 is 6.01 Å². The largest absolute Gasteiger partial charge is 0.508 e. The minimum atomic E-state index is -0.633. The number of hydrogen-bond acceptors (Lipinski definition) is 8. The maximum absolute atomic E-state index is 16.8. The van der Waals surface area contributed by atoms with Crippen LogP contribution in [0.4, 0.5) is 10.2 Å². The monoisotopic (exact) mass is 619 g/mol.